The Morgan fingerprint density at radius 3 is 2.85 bits per heavy atom. The highest BCUT2D eigenvalue weighted by Gasteiger charge is 2.33. The minimum atomic E-state index is -0.652. The Bertz CT molecular complexity index is 1390. The zero-order valence-electron chi connectivity index (χ0n) is 17.3. The summed E-state index contributed by atoms with van der Waals surface area (Å²) in [5.41, 5.74) is 0.820. The van der Waals surface area contributed by atoms with Gasteiger partial charge >= 0.3 is 0 Å². The van der Waals surface area contributed by atoms with Crippen molar-refractivity contribution in [3.8, 4) is 11.4 Å². The molecule has 7 nitrogen and oxygen atoms in total. The number of aromatic amines is 1. The summed E-state index contributed by atoms with van der Waals surface area (Å²) in [7, 11) is 0. The van der Waals surface area contributed by atoms with E-state index in [4.69, 9.17) is 11.6 Å². The highest BCUT2D eigenvalue weighted by molar-refractivity contribution is 7.21. The third-order valence-corrected chi connectivity index (χ3v) is 6.85. The molecule has 1 amide bonds. The first kappa shape index (κ1) is 21.5. The maximum Gasteiger partial charge on any atom is 0.278 e. The van der Waals surface area contributed by atoms with Crippen LogP contribution in [0.2, 0.25) is 5.02 Å². The highest BCUT2D eigenvalue weighted by atomic mass is 35.5. The summed E-state index contributed by atoms with van der Waals surface area (Å²) in [5.74, 6) is -0.651. The lowest BCUT2D eigenvalue weighted by Crippen LogP contribution is -2.43. The first-order chi connectivity index (χ1) is 16.0. The van der Waals surface area contributed by atoms with Crippen molar-refractivity contribution in [2.45, 2.75) is 25.4 Å². The van der Waals surface area contributed by atoms with E-state index in [-0.39, 0.29) is 33.9 Å². The number of carbonyl (C=O) groups is 1. The number of halogens is 2. The number of amides is 1. The lowest BCUT2D eigenvalue weighted by molar-refractivity contribution is -0.122. The van der Waals surface area contributed by atoms with Crippen LogP contribution in [0.1, 0.15) is 18.4 Å². The molecule has 2 aromatic carbocycles. The number of nitrogens with zero attached hydrogens (tertiary/aromatic N) is 3. The molecule has 0 radical (unpaired) electrons. The number of rotatable bonds is 5. The molecular formula is C23H19ClFN5O2S. The molecule has 0 saturated carbocycles. The van der Waals surface area contributed by atoms with Crippen molar-refractivity contribution in [3.05, 3.63) is 75.3 Å². The molecule has 1 aliphatic rings. The van der Waals surface area contributed by atoms with Gasteiger partial charge in [0.25, 0.3) is 5.56 Å². The number of hydrogen-bond acceptors (Lipinski definition) is 6. The fraction of sp³-hybridized carbons (Fsp3) is 0.217. The van der Waals surface area contributed by atoms with E-state index >= 15 is 0 Å². The van der Waals surface area contributed by atoms with Crippen molar-refractivity contribution < 1.29 is 9.18 Å². The van der Waals surface area contributed by atoms with E-state index in [0.29, 0.717) is 29.5 Å². The second kappa shape index (κ2) is 8.92. The summed E-state index contributed by atoms with van der Waals surface area (Å²) in [4.78, 5) is 39.3. The third kappa shape index (κ3) is 4.21. The molecule has 4 aromatic rings. The Balaban J connectivity index is 1.42. The van der Waals surface area contributed by atoms with Crippen LogP contribution in [0.3, 0.4) is 0 Å². The van der Waals surface area contributed by atoms with E-state index in [1.54, 1.807) is 6.07 Å². The van der Waals surface area contributed by atoms with E-state index in [1.807, 2.05) is 35.2 Å². The molecule has 2 aromatic heterocycles. The Hall–Kier alpha value is -3.30. The third-order valence-electron chi connectivity index (χ3n) is 5.58. The van der Waals surface area contributed by atoms with Gasteiger partial charge in [0.2, 0.25) is 5.91 Å². The van der Waals surface area contributed by atoms with E-state index < -0.39 is 11.4 Å². The summed E-state index contributed by atoms with van der Waals surface area (Å²) in [6, 6.07) is 13.8. The van der Waals surface area contributed by atoms with E-state index in [1.165, 1.54) is 23.5 Å². The molecule has 1 fully saturated rings. The zero-order valence-corrected chi connectivity index (χ0v) is 18.9. The molecule has 0 aliphatic carbocycles. The molecule has 0 spiro atoms. The SMILES string of the molecule is O=C(NCc1ccccc1)C1CCCN1c1nc2c(=O)[nH]c(-c3cccc(Cl)c3F)nc2s1. The molecule has 10 heteroatoms. The average Bonchev–Trinajstić information content (AvgIpc) is 3.47. The number of benzene rings is 2. The van der Waals surface area contributed by atoms with Crippen LogP contribution in [0.5, 0.6) is 0 Å². The first-order valence-corrected chi connectivity index (χ1v) is 11.6. The Morgan fingerprint density at radius 2 is 2.03 bits per heavy atom. The summed E-state index contributed by atoms with van der Waals surface area (Å²) in [5, 5.41) is 3.48. The Labute approximate surface area is 197 Å². The molecule has 3 heterocycles. The van der Waals surface area contributed by atoms with Gasteiger partial charge in [-0.25, -0.2) is 14.4 Å². The quantitative estimate of drug-likeness (QED) is 0.445. The topological polar surface area (TPSA) is 91.0 Å². The van der Waals surface area contributed by atoms with Gasteiger partial charge in [0, 0.05) is 13.1 Å². The number of aromatic nitrogens is 3. The van der Waals surface area contributed by atoms with E-state index in [9.17, 15) is 14.0 Å². The summed E-state index contributed by atoms with van der Waals surface area (Å²) in [6.07, 6.45) is 1.53. The largest absolute Gasteiger partial charge is 0.350 e. The van der Waals surface area contributed by atoms with Gasteiger partial charge in [-0.2, -0.15) is 0 Å². The minimum absolute atomic E-state index is 0.0540. The van der Waals surface area contributed by atoms with Crippen molar-refractivity contribution in [2.75, 3.05) is 11.4 Å². The monoisotopic (exact) mass is 483 g/mol. The lowest BCUT2D eigenvalue weighted by atomic mass is 10.2. The minimum Gasteiger partial charge on any atom is -0.350 e. The van der Waals surface area contributed by atoms with Crippen molar-refractivity contribution in [1.29, 1.82) is 0 Å². The molecule has 1 unspecified atom stereocenters. The molecule has 2 N–H and O–H groups in total. The van der Waals surface area contributed by atoms with Gasteiger partial charge < -0.3 is 15.2 Å². The number of H-pyrrole nitrogens is 1. The summed E-state index contributed by atoms with van der Waals surface area (Å²) in [6.45, 7) is 1.09. The number of nitrogens with one attached hydrogen (secondary N) is 2. The van der Waals surface area contributed by atoms with Crippen LogP contribution in [0.25, 0.3) is 21.7 Å². The predicted molar refractivity (Wildman–Crippen MR) is 127 cm³/mol. The molecule has 168 valence electrons. The normalized spacial score (nSPS) is 15.8. The fourth-order valence-electron chi connectivity index (χ4n) is 3.93. The van der Waals surface area contributed by atoms with Crippen molar-refractivity contribution >= 4 is 44.3 Å². The van der Waals surface area contributed by atoms with Crippen LogP contribution in [0, 0.1) is 5.82 Å². The molecule has 33 heavy (non-hydrogen) atoms. The van der Waals surface area contributed by atoms with Crippen LogP contribution in [0.4, 0.5) is 9.52 Å². The van der Waals surface area contributed by atoms with Crippen LogP contribution < -0.4 is 15.8 Å². The van der Waals surface area contributed by atoms with Gasteiger partial charge in [-0.1, -0.05) is 59.3 Å². The maximum absolute atomic E-state index is 14.4. The van der Waals surface area contributed by atoms with Crippen LogP contribution in [0.15, 0.2) is 53.3 Å². The van der Waals surface area contributed by atoms with Gasteiger partial charge in [-0.3, -0.25) is 9.59 Å². The molecular weight excluding hydrogens is 465 g/mol. The highest BCUT2D eigenvalue weighted by Crippen LogP contribution is 2.33. The Kier molecular flexibility index (Phi) is 5.82. The molecule has 0 bridgehead atoms. The summed E-state index contributed by atoms with van der Waals surface area (Å²) >= 11 is 7.08. The zero-order chi connectivity index (χ0) is 22.9. The second-order valence-corrected chi connectivity index (χ2v) is 9.08. The maximum atomic E-state index is 14.4. The van der Waals surface area contributed by atoms with Crippen LogP contribution in [-0.4, -0.2) is 33.4 Å². The van der Waals surface area contributed by atoms with Crippen molar-refractivity contribution in [1.82, 2.24) is 20.3 Å². The number of fused-ring (bicyclic) bond motifs is 1. The number of hydrogen-bond donors (Lipinski definition) is 2. The number of anilines is 1. The predicted octanol–water partition coefficient (Wildman–Crippen LogP) is 4.12. The standard InChI is InChI=1S/C23H19ClFN5O2S/c24-15-9-4-8-14(17(15)25)19-28-21(32)18-22(29-19)33-23(27-18)30-11-5-10-16(30)20(31)26-12-13-6-2-1-3-7-13/h1-4,6-9,16H,5,10-12H2,(H,26,31)(H,28,29,32). The molecule has 5 rings (SSSR count). The fourth-order valence-corrected chi connectivity index (χ4v) is 5.12. The average molecular weight is 484 g/mol. The van der Waals surface area contributed by atoms with E-state index in [2.05, 4.69) is 20.3 Å². The Morgan fingerprint density at radius 1 is 1.21 bits per heavy atom. The van der Waals surface area contributed by atoms with Crippen LogP contribution >= 0.6 is 22.9 Å². The van der Waals surface area contributed by atoms with Gasteiger partial charge in [0.05, 0.1) is 10.6 Å². The van der Waals surface area contributed by atoms with Crippen molar-refractivity contribution in [3.63, 3.8) is 0 Å². The van der Waals surface area contributed by atoms with Gasteiger partial charge in [0.15, 0.2) is 21.3 Å². The smallest absolute Gasteiger partial charge is 0.278 e. The van der Waals surface area contributed by atoms with Gasteiger partial charge in [0.1, 0.15) is 11.9 Å². The first-order valence-electron chi connectivity index (χ1n) is 10.4. The molecule has 1 atom stereocenters. The van der Waals surface area contributed by atoms with Crippen molar-refractivity contribution in [2.24, 2.45) is 0 Å². The number of thiazole rings is 1. The van der Waals surface area contributed by atoms with Gasteiger partial charge in [-0.05, 0) is 30.5 Å². The number of carbonyl (C=O) groups excluding carboxylic acids is 1. The van der Waals surface area contributed by atoms with E-state index in [0.717, 1.165) is 12.0 Å². The second-order valence-electron chi connectivity index (χ2n) is 7.72. The molecule has 1 saturated heterocycles. The lowest BCUT2D eigenvalue weighted by Gasteiger charge is -2.23. The van der Waals surface area contributed by atoms with Gasteiger partial charge in [-0.15, -0.1) is 0 Å². The van der Waals surface area contributed by atoms with Crippen LogP contribution in [-0.2, 0) is 11.3 Å². The summed E-state index contributed by atoms with van der Waals surface area (Å²) < 4.78 is 14.4. The molecule has 1 aliphatic heterocycles.